The van der Waals surface area contributed by atoms with Gasteiger partial charge in [0.2, 0.25) is 0 Å². The summed E-state index contributed by atoms with van der Waals surface area (Å²) in [6.45, 7) is 9.14. The molecule has 0 fully saturated rings. The first-order valence-electron chi connectivity index (χ1n) is 6.39. The van der Waals surface area contributed by atoms with Crippen molar-refractivity contribution in [1.82, 2.24) is 20.3 Å². The molecule has 1 heterocycles. The molecule has 0 unspecified atom stereocenters. The van der Waals surface area contributed by atoms with Crippen LogP contribution in [-0.2, 0) is 6.54 Å². The number of hydrogen-bond acceptors (Lipinski definition) is 3. The van der Waals surface area contributed by atoms with Crippen LogP contribution in [-0.4, -0.2) is 21.0 Å². The van der Waals surface area contributed by atoms with E-state index in [1.807, 2.05) is 10.9 Å². The van der Waals surface area contributed by atoms with Gasteiger partial charge in [-0.15, -0.1) is 5.10 Å². The number of benzene rings is 1. The maximum atomic E-state index is 4.19. The highest BCUT2D eigenvalue weighted by atomic mass is 79.9. The predicted molar refractivity (Wildman–Crippen MR) is 80.5 cm³/mol. The average molecular weight is 323 g/mol. The number of nitrogens with zero attached hydrogens (tertiary/aromatic N) is 3. The molecule has 2 rings (SSSR count). The second kappa shape index (κ2) is 5.84. The lowest BCUT2D eigenvalue weighted by molar-refractivity contribution is 0.580. The van der Waals surface area contributed by atoms with Crippen LogP contribution in [0.2, 0.25) is 0 Å². The zero-order chi connectivity index (χ0) is 14.0. The van der Waals surface area contributed by atoms with Crippen molar-refractivity contribution in [2.75, 3.05) is 0 Å². The molecule has 0 amide bonds. The van der Waals surface area contributed by atoms with E-state index in [-0.39, 0.29) is 0 Å². The second-order valence-electron chi connectivity index (χ2n) is 5.08. The minimum atomic E-state index is 0.447. The molecule has 102 valence electrons. The summed E-state index contributed by atoms with van der Waals surface area (Å²) in [6, 6.07) is 4.65. The topological polar surface area (TPSA) is 42.7 Å². The third-order valence-electron chi connectivity index (χ3n) is 2.92. The smallest absolute Gasteiger partial charge is 0.0969 e. The molecule has 5 heteroatoms. The third kappa shape index (κ3) is 3.42. The van der Waals surface area contributed by atoms with E-state index in [9.17, 15) is 0 Å². The predicted octanol–water partition coefficient (Wildman–Crippen LogP) is 3.14. The molecule has 0 aliphatic carbocycles. The molecule has 0 radical (unpaired) electrons. The van der Waals surface area contributed by atoms with Gasteiger partial charge in [0.25, 0.3) is 0 Å². The quantitative estimate of drug-likeness (QED) is 0.940. The fraction of sp³-hybridized carbons (Fsp3) is 0.429. The van der Waals surface area contributed by atoms with Crippen LogP contribution in [0.1, 0.15) is 30.7 Å². The van der Waals surface area contributed by atoms with Crippen molar-refractivity contribution < 1.29 is 0 Å². The molecule has 1 N–H and O–H groups in total. The van der Waals surface area contributed by atoms with Crippen molar-refractivity contribution in [3.63, 3.8) is 0 Å². The van der Waals surface area contributed by atoms with Gasteiger partial charge in [0.1, 0.15) is 0 Å². The third-order valence-corrected chi connectivity index (χ3v) is 4.17. The van der Waals surface area contributed by atoms with E-state index in [1.54, 1.807) is 0 Å². The van der Waals surface area contributed by atoms with Crippen LogP contribution < -0.4 is 5.32 Å². The Hall–Kier alpha value is -1.20. The molecular formula is C14H19BrN4. The number of halogens is 1. The SMILES string of the molecule is Cc1cc(-n2cc(CNC(C)C)nn2)cc(C)c1Br. The molecule has 0 saturated heterocycles. The molecular weight excluding hydrogens is 304 g/mol. The number of aryl methyl sites for hydroxylation is 2. The molecule has 0 atom stereocenters. The van der Waals surface area contributed by atoms with Gasteiger partial charge in [0, 0.05) is 17.1 Å². The van der Waals surface area contributed by atoms with Crippen LogP contribution in [0.3, 0.4) is 0 Å². The monoisotopic (exact) mass is 322 g/mol. The van der Waals surface area contributed by atoms with Gasteiger partial charge in [0.05, 0.1) is 17.6 Å². The summed E-state index contributed by atoms with van der Waals surface area (Å²) in [5.74, 6) is 0. The lowest BCUT2D eigenvalue weighted by atomic mass is 10.1. The molecule has 1 aromatic carbocycles. The number of aromatic nitrogens is 3. The van der Waals surface area contributed by atoms with Gasteiger partial charge in [-0.05, 0) is 37.1 Å². The molecule has 0 bridgehead atoms. The molecule has 0 aliphatic rings. The van der Waals surface area contributed by atoms with Gasteiger partial charge in [-0.1, -0.05) is 35.0 Å². The maximum Gasteiger partial charge on any atom is 0.0969 e. The fourth-order valence-corrected chi connectivity index (χ4v) is 2.10. The maximum absolute atomic E-state index is 4.19. The van der Waals surface area contributed by atoms with Crippen LogP contribution in [0, 0.1) is 13.8 Å². The molecule has 4 nitrogen and oxygen atoms in total. The summed E-state index contributed by atoms with van der Waals surface area (Å²) < 4.78 is 2.97. The lowest BCUT2D eigenvalue weighted by Gasteiger charge is -2.07. The van der Waals surface area contributed by atoms with Gasteiger partial charge in [0.15, 0.2) is 0 Å². The highest BCUT2D eigenvalue weighted by Gasteiger charge is 2.07. The summed E-state index contributed by atoms with van der Waals surface area (Å²) in [5.41, 5.74) is 4.40. The molecule has 0 saturated carbocycles. The first kappa shape index (κ1) is 14.2. The van der Waals surface area contributed by atoms with Crippen molar-refractivity contribution in [1.29, 1.82) is 0 Å². The Labute approximate surface area is 122 Å². The summed E-state index contributed by atoms with van der Waals surface area (Å²) in [4.78, 5) is 0. The van der Waals surface area contributed by atoms with Gasteiger partial charge in [-0.25, -0.2) is 4.68 Å². The fourth-order valence-electron chi connectivity index (χ4n) is 1.87. The average Bonchev–Trinajstić information content (AvgIpc) is 2.81. The van der Waals surface area contributed by atoms with Gasteiger partial charge in [-0.3, -0.25) is 0 Å². The van der Waals surface area contributed by atoms with Crippen molar-refractivity contribution in [3.8, 4) is 5.69 Å². The first-order chi connectivity index (χ1) is 8.97. The molecule has 0 aliphatic heterocycles. The summed E-state index contributed by atoms with van der Waals surface area (Å²) >= 11 is 3.58. The minimum Gasteiger partial charge on any atom is -0.309 e. The van der Waals surface area contributed by atoms with Crippen LogP contribution in [0.4, 0.5) is 0 Å². The normalized spacial score (nSPS) is 11.3. The van der Waals surface area contributed by atoms with Crippen molar-refractivity contribution in [2.45, 2.75) is 40.3 Å². The van der Waals surface area contributed by atoms with Crippen LogP contribution in [0.5, 0.6) is 0 Å². The van der Waals surface area contributed by atoms with Crippen LogP contribution >= 0.6 is 15.9 Å². The Bertz CT molecular complexity index is 552. The van der Waals surface area contributed by atoms with E-state index in [1.165, 1.54) is 11.1 Å². The van der Waals surface area contributed by atoms with E-state index in [4.69, 9.17) is 0 Å². The Balaban J connectivity index is 2.23. The number of hydrogen-bond donors (Lipinski definition) is 1. The van der Waals surface area contributed by atoms with Crippen molar-refractivity contribution in [3.05, 3.63) is 39.6 Å². The molecule has 19 heavy (non-hydrogen) atoms. The zero-order valence-electron chi connectivity index (χ0n) is 11.7. The molecule has 1 aromatic heterocycles. The largest absolute Gasteiger partial charge is 0.309 e. The standard InChI is InChI=1S/C14H19BrN4/c1-9(2)16-7-12-8-19(18-17-12)13-5-10(3)14(15)11(4)6-13/h5-6,8-9,16H,7H2,1-4H3. The summed E-state index contributed by atoms with van der Waals surface area (Å²) in [6.07, 6.45) is 1.97. The highest BCUT2D eigenvalue weighted by Crippen LogP contribution is 2.24. The summed E-state index contributed by atoms with van der Waals surface area (Å²) in [5, 5.41) is 11.7. The van der Waals surface area contributed by atoms with Gasteiger partial charge >= 0.3 is 0 Å². The molecule has 0 spiro atoms. The summed E-state index contributed by atoms with van der Waals surface area (Å²) in [7, 11) is 0. The molecule has 2 aromatic rings. The van der Waals surface area contributed by atoms with E-state index < -0.39 is 0 Å². The highest BCUT2D eigenvalue weighted by molar-refractivity contribution is 9.10. The van der Waals surface area contributed by atoms with Gasteiger partial charge < -0.3 is 5.32 Å². The Morgan fingerprint density at radius 2 is 1.89 bits per heavy atom. The Morgan fingerprint density at radius 3 is 2.47 bits per heavy atom. The van der Waals surface area contributed by atoms with Crippen molar-refractivity contribution in [2.24, 2.45) is 0 Å². The number of rotatable bonds is 4. The Kier molecular flexibility index (Phi) is 4.37. The van der Waals surface area contributed by atoms with E-state index in [0.29, 0.717) is 6.04 Å². The van der Waals surface area contributed by atoms with Crippen LogP contribution in [0.25, 0.3) is 5.69 Å². The first-order valence-corrected chi connectivity index (χ1v) is 7.18. The number of nitrogens with one attached hydrogen (secondary N) is 1. The van der Waals surface area contributed by atoms with Crippen molar-refractivity contribution >= 4 is 15.9 Å². The second-order valence-corrected chi connectivity index (χ2v) is 5.88. The van der Waals surface area contributed by atoms with E-state index >= 15 is 0 Å². The van der Waals surface area contributed by atoms with Gasteiger partial charge in [-0.2, -0.15) is 0 Å². The van der Waals surface area contributed by atoms with Crippen LogP contribution in [0.15, 0.2) is 22.8 Å². The zero-order valence-corrected chi connectivity index (χ0v) is 13.3. The van der Waals surface area contributed by atoms with E-state index in [0.717, 1.165) is 22.4 Å². The Morgan fingerprint density at radius 1 is 1.26 bits per heavy atom. The minimum absolute atomic E-state index is 0.447. The van der Waals surface area contributed by atoms with E-state index in [2.05, 4.69) is 71.4 Å². The lowest BCUT2D eigenvalue weighted by Crippen LogP contribution is -2.21.